The zero-order chi connectivity index (χ0) is 12.5. The predicted molar refractivity (Wildman–Crippen MR) is 74.4 cm³/mol. The average molecular weight is 238 g/mol. The Morgan fingerprint density at radius 1 is 1.18 bits per heavy atom. The molecule has 0 aromatic carbocycles. The summed E-state index contributed by atoms with van der Waals surface area (Å²) in [6.07, 6.45) is 6.90. The van der Waals surface area contributed by atoms with E-state index in [1.807, 2.05) is 0 Å². The number of hydrogen-bond acceptors (Lipinski definition) is 2. The molecule has 2 rings (SSSR count). The van der Waals surface area contributed by atoms with Crippen LogP contribution < -0.4 is 0 Å². The zero-order valence-electron chi connectivity index (χ0n) is 12.2. The van der Waals surface area contributed by atoms with E-state index in [1.165, 1.54) is 51.7 Å². The first-order valence-electron chi connectivity index (χ1n) is 7.55. The molecular weight excluding hydrogens is 208 g/mol. The maximum Gasteiger partial charge on any atom is 0.0224 e. The maximum absolute atomic E-state index is 2.78. The highest BCUT2D eigenvalue weighted by atomic mass is 15.3. The van der Waals surface area contributed by atoms with E-state index in [1.54, 1.807) is 0 Å². The van der Waals surface area contributed by atoms with E-state index in [4.69, 9.17) is 0 Å². The van der Waals surface area contributed by atoms with Gasteiger partial charge in [-0.3, -0.25) is 9.80 Å². The molecule has 2 aliphatic heterocycles. The van der Waals surface area contributed by atoms with E-state index >= 15 is 0 Å². The molecule has 2 nitrogen and oxygen atoms in total. The molecule has 0 saturated carbocycles. The van der Waals surface area contributed by atoms with Gasteiger partial charge in [-0.05, 0) is 46.6 Å². The number of piperidine rings is 1. The molecule has 0 radical (unpaired) electrons. The topological polar surface area (TPSA) is 6.48 Å². The fourth-order valence-electron chi connectivity index (χ4n) is 3.95. The number of hydrogen-bond donors (Lipinski definition) is 0. The number of piperazine rings is 1. The van der Waals surface area contributed by atoms with Gasteiger partial charge in [0, 0.05) is 30.7 Å². The third-order valence-corrected chi connectivity index (χ3v) is 4.83. The summed E-state index contributed by atoms with van der Waals surface area (Å²) in [6, 6.07) is 1.57. The highest BCUT2D eigenvalue weighted by Gasteiger charge is 2.38. The van der Waals surface area contributed by atoms with Gasteiger partial charge in [0.1, 0.15) is 0 Å². The summed E-state index contributed by atoms with van der Waals surface area (Å²) in [6.45, 7) is 13.5. The van der Waals surface area contributed by atoms with Crippen molar-refractivity contribution in [1.82, 2.24) is 9.80 Å². The van der Waals surface area contributed by atoms with Crippen LogP contribution in [0.1, 0.15) is 59.8 Å². The zero-order valence-corrected chi connectivity index (χ0v) is 12.2. The highest BCUT2D eigenvalue weighted by molar-refractivity contribution is 4.95. The minimum absolute atomic E-state index is 0.387. The van der Waals surface area contributed by atoms with Crippen LogP contribution >= 0.6 is 0 Å². The molecule has 2 unspecified atom stereocenters. The normalized spacial score (nSPS) is 32.5. The van der Waals surface area contributed by atoms with Gasteiger partial charge in [0.2, 0.25) is 0 Å². The molecule has 0 aliphatic carbocycles. The molecule has 2 fully saturated rings. The maximum atomic E-state index is 2.78. The average Bonchev–Trinajstić information content (AvgIpc) is 2.27. The molecule has 2 heterocycles. The summed E-state index contributed by atoms with van der Waals surface area (Å²) in [5.41, 5.74) is 0.387. The van der Waals surface area contributed by atoms with E-state index < -0.39 is 0 Å². The van der Waals surface area contributed by atoms with Crippen molar-refractivity contribution in [2.45, 2.75) is 77.4 Å². The van der Waals surface area contributed by atoms with Crippen molar-refractivity contribution in [2.75, 3.05) is 19.6 Å². The fraction of sp³-hybridized carbons (Fsp3) is 1.00. The lowest BCUT2D eigenvalue weighted by Gasteiger charge is -2.53. The van der Waals surface area contributed by atoms with Gasteiger partial charge in [-0.2, -0.15) is 0 Å². The molecular formula is C15H30N2. The third-order valence-electron chi connectivity index (χ3n) is 4.83. The van der Waals surface area contributed by atoms with Gasteiger partial charge in [0.25, 0.3) is 0 Å². The van der Waals surface area contributed by atoms with Gasteiger partial charge in [0.15, 0.2) is 0 Å². The summed E-state index contributed by atoms with van der Waals surface area (Å²) >= 11 is 0. The second-order valence-electron chi connectivity index (χ2n) is 6.71. The minimum Gasteiger partial charge on any atom is -0.298 e. The molecule has 0 spiro atoms. The molecule has 100 valence electrons. The Labute approximate surface area is 107 Å². The summed E-state index contributed by atoms with van der Waals surface area (Å²) < 4.78 is 0. The van der Waals surface area contributed by atoms with Crippen LogP contribution in [0.2, 0.25) is 0 Å². The van der Waals surface area contributed by atoms with Crippen LogP contribution in [-0.4, -0.2) is 47.1 Å². The first kappa shape index (κ1) is 13.4. The molecule has 0 bridgehead atoms. The molecule has 0 amide bonds. The lowest BCUT2D eigenvalue weighted by molar-refractivity contribution is -0.0385. The van der Waals surface area contributed by atoms with Crippen molar-refractivity contribution in [3.63, 3.8) is 0 Å². The van der Waals surface area contributed by atoms with Crippen LogP contribution in [0, 0.1) is 0 Å². The summed E-state index contributed by atoms with van der Waals surface area (Å²) in [5, 5.41) is 0. The molecule has 0 aromatic heterocycles. The third kappa shape index (κ3) is 2.85. The second kappa shape index (κ2) is 5.27. The quantitative estimate of drug-likeness (QED) is 0.745. The van der Waals surface area contributed by atoms with Crippen LogP contribution in [0.5, 0.6) is 0 Å². The van der Waals surface area contributed by atoms with Gasteiger partial charge < -0.3 is 0 Å². The fourth-order valence-corrected chi connectivity index (χ4v) is 3.95. The molecule has 2 atom stereocenters. The molecule has 0 aromatic rings. The van der Waals surface area contributed by atoms with E-state index in [-0.39, 0.29) is 0 Å². The van der Waals surface area contributed by atoms with E-state index in [2.05, 4.69) is 37.5 Å². The Balaban J connectivity index is 2.03. The van der Waals surface area contributed by atoms with Crippen molar-refractivity contribution < 1.29 is 0 Å². The summed E-state index contributed by atoms with van der Waals surface area (Å²) in [7, 11) is 0. The lowest BCUT2D eigenvalue weighted by Crippen LogP contribution is -2.63. The van der Waals surface area contributed by atoms with Gasteiger partial charge >= 0.3 is 0 Å². The first-order valence-corrected chi connectivity index (χ1v) is 7.55. The number of fused-ring (bicyclic) bond motifs is 1. The van der Waals surface area contributed by atoms with Crippen LogP contribution in [0.4, 0.5) is 0 Å². The lowest BCUT2D eigenvalue weighted by atomic mass is 9.89. The molecule has 0 N–H and O–H groups in total. The van der Waals surface area contributed by atoms with Gasteiger partial charge in [0.05, 0.1) is 0 Å². The van der Waals surface area contributed by atoms with Crippen LogP contribution in [0.25, 0.3) is 0 Å². The Hall–Kier alpha value is -0.0800. The molecule has 17 heavy (non-hydrogen) atoms. The van der Waals surface area contributed by atoms with Crippen molar-refractivity contribution in [3.05, 3.63) is 0 Å². The Morgan fingerprint density at radius 3 is 2.65 bits per heavy atom. The van der Waals surface area contributed by atoms with Crippen molar-refractivity contribution >= 4 is 0 Å². The van der Waals surface area contributed by atoms with Crippen LogP contribution in [0.3, 0.4) is 0 Å². The van der Waals surface area contributed by atoms with Gasteiger partial charge in [-0.15, -0.1) is 0 Å². The minimum atomic E-state index is 0.387. The highest BCUT2D eigenvalue weighted by Crippen LogP contribution is 2.31. The SMILES string of the molecule is CCCC(C)(C)N1CC2CCCCN2CC1C. The van der Waals surface area contributed by atoms with Gasteiger partial charge in [-0.1, -0.05) is 19.8 Å². The van der Waals surface area contributed by atoms with Crippen molar-refractivity contribution in [1.29, 1.82) is 0 Å². The van der Waals surface area contributed by atoms with Crippen LogP contribution in [-0.2, 0) is 0 Å². The monoisotopic (exact) mass is 238 g/mol. The largest absolute Gasteiger partial charge is 0.298 e. The predicted octanol–water partition coefficient (Wildman–Crippen LogP) is 3.12. The first-order chi connectivity index (χ1) is 8.04. The van der Waals surface area contributed by atoms with Crippen molar-refractivity contribution in [2.24, 2.45) is 0 Å². The molecule has 2 heteroatoms. The standard InChI is InChI=1S/C15H30N2/c1-5-9-15(3,4)17-12-14-8-6-7-10-16(14)11-13(17)2/h13-14H,5-12H2,1-4H3. The molecule has 2 aliphatic rings. The Bertz CT molecular complexity index is 249. The van der Waals surface area contributed by atoms with E-state index in [0.29, 0.717) is 5.54 Å². The Kier molecular flexibility index (Phi) is 4.14. The number of nitrogens with zero attached hydrogens (tertiary/aromatic N) is 2. The molecule has 2 saturated heterocycles. The van der Waals surface area contributed by atoms with E-state index in [0.717, 1.165) is 12.1 Å². The number of rotatable bonds is 3. The summed E-state index contributed by atoms with van der Waals surface area (Å²) in [4.78, 5) is 5.52. The summed E-state index contributed by atoms with van der Waals surface area (Å²) in [5.74, 6) is 0. The second-order valence-corrected chi connectivity index (χ2v) is 6.71. The smallest absolute Gasteiger partial charge is 0.0224 e. The van der Waals surface area contributed by atoms with Crippen molar-refractivity contribution in [3.8, 4) is 0 Å². The van der Waals surface area contributed by atoms with E-state index in [9.17, 15) is 0 Å². The van der Waals surface area contributed by atoms with Crippen LogP contribution in [0.15, 0.2) is 0 Å². The van der Waals surface area contributed by atoms with Gasteiger partial charge in [-0.25, -0.2) is 0 Å². The Morgan fingerprint density at radius 2 is 1.94 bits per heavy atom.